The Morgan fingerprint density at radius 1 is 0.955 bits per heavy atom. The van der Waals surface area contributed by atoms with Gasteiger partial charge in [-0.05, 0) is 56.1 Å². The largest absolute Gasteiger partial charge is 0.468 e. The maximum Gasteiger partial charge on any atom is 0.332 e. The molecule has 2 saturated heterocycles. The number of aromatic nitrogens is 2. The highest BCUT2D eigenvalue weighted by atomic mass is 16.5. The molecule has 1 aromatic heterocycles. The number of nitrogens with one attached hydrogen (secondary N) is 2. The molecule has 10 heteroatoms. The van der Waals surface area contributed by atoms with Crippen molar-refractivity contribution in [2.75, 3.05) is 13.7 Å². The molecule has 1 aromatic carbocycles. The fraction of sp³-hybridized carbons (Fsp3) is 0.676. The zero-order valence-corrected chi connectivity index (χ0v) is 27.0. The van der Waals surface area contributed by atoms with Crippen LogP contribution in [0.25, 0.3) is 10.9 Å². The number of amides is 1. The molecule has 44 heavy (non-hydrogen) atoms. The summed E-state index contributed by atoms with van der Waals surface area (Å²) in [4.78, 5) is 50.3. The van der Waals surface area contributed by atoms with E-state index in [1.165, 1.54) is 36.0 Å². The van der Waals surface area contributed by atoms with Crippen LogP contribution in [-0.2, 0) is 20.9 Å². The molecule has 2 unspecified atom stereocenters. The number of carbonyl (C=O) groups is 2. The Kier molecular flexibility index (Phi) is 14.1. The minimum absolute atomic E-state index is 0.199. The number of hydrogen-bond acceptors (Lipinski definition) is 7. The van der Waals surface area contributed by atoms with Gasteiger partial charge in [-0.15, -0.1) is 0 Å². The van der Waals surface area contributed by atoms with Crippen molar-refractivity contribution in [3.63, 3.8) is 0 Å². The number of hydrogen-bond donors (Lipinski definition) is 2. The van der Waals surface area contributed by atoms with Crippen LogP contribution in [0.3, 0.4) is 0 Å². The molecule has 4 fully saturated rings. The molecule has 2 N–H and O–H groups in total. The number of carbonyl (C=O) groups excluding carboxylic acids is 2. The van der Waals surface area contributed by atoms with E-state index in [1.807, 2.05) is 13.8 Å². The maximum atomic E-state index is 13.4. The van der Waals surface area contributed by atoms with Gasteiger partial charge in [-0.1, -0.05) is 70.9 Å². The summed E-state index contributed by atoms with van der Waals surface area (Å²) in [7, 11) is 1.23. The Labute approximate surface area is 261 Å². The van der Waals surface area contributed by atoms with Gasteiger partial charge in [0.1, 0.15) is 13.1 Å². The van der Waals surface area contributed by atoms with Crippen LogP contribution in [0.15, 0.2) is 33.9 Å². The van der Waals surface area contributed by atoms with Crippen LogP contribution in [0.1, 0.15) is 104 Å². The normalized spacial score (nSPS) is 24.8. The zero-order valence-electron chi connectivity index (χ0n) is 27.0. The van der Waals surface area contributed by atoms with Crippen LogP contribution in [0, 0.1) is 23.2 Å². The Hall–Kier alpha value is -3.45. The van der Waals surface area contributed by atoms with E-state index in [1.54, 1.807) is 62.4 Å². The molecular weight excluding hydrogens is 558 g/mol. The lowest BCUT2D eigenvalue weighted by molar-refractivity contribution is -0.141. The van der Waals surface area contributed by atoms with Crippen LogP contribution in [0.5, 0.6) is 0 Å². The van der Waals surface area contributed by atoms with Crippen molar-refractivity contribution < 1.29 is 14.3 Å². The number of nitrogens with zero attached hydrogens (tertiary/aromatic N) is 3. The van der Waals surface area contributed by atoms with E-state index in [2.05, 4.69) is 15.4 Å². The average molecular weight is 610 g/mol. The number of rotatable bonds is 5. The molecule has 2 aliphatic heterocycles. The summed E-state index contributed by atoms with van der Waals surface area (Å²) in [6.07, 6.45) is 15.5. The summed E-state index contributed by atoms with van der Waals surface area (Å²) in [5, 5.41) is 13.7. The van der Waals surface area contributed by atoms with Crippen LogP contribution >= 0.6 is 0 Å². The molecular formula is C34H51N5O5. The molecule has 242 valence electrons. The van der Waals surface area contributed by atoms with Crippen molar-refractivity contribution in [2.24, 2.45) is 11.8 Å². The number of fused-ring (bicyclic) bond motifs is 5. The van der Waals surface area contributed by atoms with Crippen LogP contribution in [0.4, 0.5) is 0 Å². The summed E-state index contributed by atoms with van der Waals surface area (Å²) < 4.78 is 7.18. The summed E-state index contributed by atoms with van der Waals surface area (Å²) in [5.41, 5.74) is -0.394. The Morgan fingerprint density at radius 3 is 2.05 bits per heavy atom. The monoisotopic (exact) mass is 609 g/mol. The molecule has 1 amide bonds. The molecule has 2 saturated carbocycles. The number of esters is 1. The molecule has 2 aliphatic carbocycles. The molecule has 0 radical (unpaired) electrons. The standard InChI is InChI=1S/C21H26N4O5.C9H16.C2H3N.C2H6/c1-30-19(27)11-22-18(26)12-24-17-8-3-2-7-16(17)20(28)25(21(24)29)15-9-13-5-4-6-14(10-15)23-13;1-3-8-5-2-6-9(4-1)7-8;1-2-3;1-2/h2-3,7-8,13-15,23H,4-6,9-12H2,1H3,(H,22,26);8-9H,1-7H2;1H3;1-2H3. The van der Waals surface area contributed by atoms with Crippen molar-refractivity contribution >= 4 is 22.8 Å². The highest BCUT2D eigenvalue weighted by molar-refractivity contribution is 5.84. The molecule has 4 bridgehead atoms. The minimum atomic E-state index is -0.577. The first-order valence-electron chi connectivity index (χ1n) is 16.5. The van der Waals surface area contributed by atoms with Gasteiger partial charge in [0, 0.05) is 25.0 Å². The first kappa shape index (κ1) is 35.0. The second-order valence-electron chi connectivity index (χ2n) is 12.1. The van der Waals surface area contributed by atoms with E-state index in [9.17, 15) is 19.2 Å². The van der Waals surface area contributed by atoms with Gasteiger partial charge in [0.05, 0.1) is 24.1 Å². The SMILES string of the molecule is C1CC2CCCC(C1)C2.CC.CC#N.COC(=O)CNC(=O)Cn1c(=O)n(C2CC3CCCC(C2)N3)c(=O)c2ccccc21. The third kappa shape index (κ3) is 9.28. The van der Waals surface area contributed by atoms with E-state index in [4.69, 9.17) is 5.26 Å². The molecule has 6 rings (SSSR count). The van der Waals surface area contributed by atoms with Gasteiger partial charge in [-0.3, -0.25) is 23.5 Å². The van der Waals surface area contributed by atoms with Crippen molar-refractivity contribution in [1.29, 1.82) is 5.26 Å². The molecule has 2 atom stereocenters. The predicted molar refractivity (Wildman–Crippen MR) is 172 cm³/mol. The number of benzene rings is 1. The fourth-order valence-electron chi connectivity index (χ4n) is 7.33. The van der Waals surface area contributed by atoms with Crippen molar-refractivity contribution in [3.8, 4) is 6.07 Å². The van der Waals surface area contributed by atoms with Gasteiger partial charge in [0.2, 0.25) is 5.91 Å². The lowest BCUT2D eigenvalue weighted by Gasteiger charge is -2.40. The first-order valence-corrected chi connectivity index (χ1v) is 16.5. The van der Waals surface area contributed by atoms with Gasteiger partial charge < -0.3 is 15.4 Å². The van der Waals surface area contributed by atoms with Gasteiger partial charge in [0.15, 0.2) is 0 Å². The zero-order chi connectivity index (χ0) is 32.1. The fourth-order valence-corrected chi connectivity index (χ4v) is 7.33. The Bertz CT molecular complexity index is 1360. The third-order valence-corrected chi connectivity index (χ3v) is 9.21. The van der Waals surface area contributed by atoms with Crippen molar-refractivity contribution in [2.45, 2.75) is 122 Å². The summed E-state index contributed by atoms with van der Waals surface area (Å²) in [6.45, 7) is 4.87. The highest BCUT2D eigenvalue weighted by Crippen LogP contribution is 2.39. The first-order chi connectivity index (χ1) is 21.3. The van der Waals surface area contributed by atoms with Crippen molar-refractivity contribution in [1.82, 2.24) is 19.8 Å². The Balaban J connectivity index is 0.000000312. The number of nitriles is 1. The second kappa shape index (κ2) is 17.7. The summed E-state index contributed by atoms with van der Waals surface area (Å²) in [6, 6.07) is 8.97. The lowest BCUT2D eigenvalue weighted by Crippen LogP contribution is -2.53. The second-order valence-corrected chi connectivity index (χ2v) is 12.1. The maximum absolute atomic E-state index is 13.4. The Morgan fingerprint density at radius 2 is 1.50 bits per heavy atom. The van der Waals surface area contributed by atoms with E-state index < -0.39 is 17.6 Å². The van der Waals surface area contributed by atoms with Gasteiger partial charge in [-0.2, -0.15) is 5.26 Å². The number of piperidine rings is 2. The van der Waals surface area contributed by atoms with E-state index >= 15 is 0 Å². The quantitative estimate of drug-likeness (QED) is 0.464. The van der Waals surface area contributed by atoms with Gasteiger partial charge >= 0.3 is 11.7 Å². The van der Waals surface area contributed by atoms with E-state index in [0.717, 1.165) is 43.9 Å². The van der Waals surface area contributed by atoms with Crippen LogP contribution in [-0.4, -0.2) is 46.7 Å². The smallest absolute Gasteiger partial charge is 0.332 e. The van der Waals surface area contributed by atoms with E-state index in [0.29, 0.717) is 23.0 Å². The number of methoxy groups -OCH3 is 1. The summed E-state index contributed by atoms with van der Waals surface area (Å²) >= 11 is 0. The molecule has 0 spiro atoms. The predicted octanol–water partition coefficient (Wildman–Crippen LogP) is 4.83. The third-order valence-electron chi connectivity index (χ3n) is 9.21. The average Bonchev–Trinajstić information content (AvgIpc) is 3.03. The van der Waals surface area contributed by atoms with Crippen LogP contribution in [0.2, 0.25) is 0 Å². The topological polar surface area (TPSA) is 135 Å². The number of ether oxygens (including phenoxy) is 1. The van der Waals surface area contributed by atoms with Crippen molar-refractivity contribution in [3.05, 3.63) is 45.1 Å². The number of para-hydroxylation sites is 1. The highest BCUT2D eigenvalue weighted by Gasteiger charge is 2.34. The molecule has 10 nitrogen and oxygen atoms in total. The van der Waals surface area contributed by atoms with E-state index in [-0.39, 0.29) is 24.7 Å². The molecule has 3 heterocycles. The lowest BCUT2D eigenvalue weighted by atomic mass is 9.72. The molecule has 4 aliphatic rings. The van der Waals surface area contributed by atoms with Crippen LogP contribution < -0.4 is 21.9 Å². The van der Waals surface area contributed by atoms with Gasteiger partial charge in [0.25, 0.3) is 5.56 Å². The minimum Gasteiger partial charge on any atom is -0.468 e. The van der Waals surface area contributed by atoms with Gasteiger partial charge in [-0.25, -0.2) is 4.79 Å². The molecule has 2 aromatic rings. The summed E-state index contributed by atoms with van der Waals surface area (Å²) in [5.74, 6) is 1.22.